The molecule has 7 nitrogen and oxygen atoms in total. The lowest BCUT2D eigenvalue weighted by Crippen LogP contribution is -2.41. The van der Waals surface area contributed by atoms with Gasteiger partial charge in [-0.1, -0.05) is 6.92 Å². The average molecular weight is 414 g/mol. The Hall–Kier alpha value is -2.42. The van der Waals surface area contributed by atoms with Crippen molar-refractivity contribution in [3.8, 4) is 0 Å². The van der Waals surface area contributed by atoms with Gasteiger partial charge >= 0.3 is 0 Å². The molecule has 0 bridgehead atoms. The summed E-state index contributed by atoms with van der Waals surface area (Å²) in [5, 5.41) is 25.4. The monoisotopic (exact) mass is 414 g/mol. The Morgan fingerprint density at radius 3 is 2.57 bits per heavy atom. The summed E-state index contributed by atoms with van der Waals surface area (Å²) in [6.07, 6.45) is 3.80. The van der Waals surface area contributed by atoms with Crippen molar-refractivity contribution in [3.05, 3.63) is 58.4 Å². The number of aryl methyl sites for hydroxylation is 1. The van der Waals surface area contributed by atoms with E-state index in [9.17, 15) is 15.0 Å². The van der Waals surface area contributed by atoms with Gasteiger partial charge in [-0.25, -0.2) is 14.4 Å². The van der Waals surface area contributed by atoms with Crippen molar-refractivity contribution in [2.24, 2.45) is 5.92 Å². The summed E-state index contributed by atoms with van der Waals surface area (Å²) in [6, 6.07) is 2.82. The number of fused-ring (bicyclic) bond motifs is 1. The maximum atomic E-state index is 15.1. The summed E-state index contributed by atoms with van der Waals surface area (Å²) in [5.41, 5.74) is 0.0754. The molecule has 2 aliphatic heterocycles. The molecule has 1 fully saturated rings. The number of nitrogens with zero attached hydrogens (tertiary/aromatic N) is 3. The first-order valence-corrected chi connectivity index (χ1v) is 10.4. The number of carbonyl (C=O) groups is 1. The van der Waals surface area contributed by atoms with Crippen LogP contribution >= 0.6 is 0 Å². The normalized spacial score (nSPS) is 21.6. The van der Waals surface area contributed by atoms with Gasteiger partial charge in [-0.3, -0.25) is 4.79 Å². The molecule has 3 N–H and O–H groups in total. The predicted molar refractivity (Wildman–Crippen MR) is 108 cm³/mol. The van der Waals surface area contributed by atoms with E-state index >= 15 is 4.39 Å². The van der Waals surface area contributed by atoms with Crippen molar-refractivity contribution in [2.45, 2.75) is 51.5 Å². The molecule has 3 heterocycles. The third kappa shape index (κ3) is 3.49. The topological polar surface area (TPSA) is 98.6 Å². The lowest BCUT2D eigenvalue weighted by atomic mass is 9.74. The van der Waals surface area contributed by atoms with Gasteiger partial charge in [-0.2, -0.15) is 0 Å². The minimum absolute atomic E-state index is 0.0281. The molecule has 2 aromatic rings. The van der Waals surface area contributed by atoms with Gasteiger partial charge in [-0.05, 0) is 68.5 Å². The van der Waals surface area contributed by atoms with Crippen LogP contribution in [0.2, 0.25) is 0 Å². The van der Waals surface area contributed by atoms with Crippen LogP contribution in [-0.4, -0.2) is 44.1 Å². The van der Waals surface area contributed by atoms with Crippen molar-refractivity contribution < 1.29 is 19.4 Å². The Bertz CT molecular complexity index is 946. The van der Waals surface area contributed by atoms with Gasteiger partial charge in [0.25, 0.3) is 5.91 Å². The van der Waals surface area contributed by atoms with E-state index in [2.05, 4.69) is 15.3 Å². The molecule has 30 heavy (non-hydrogen) atoms. The lowest BCUT2D eigenvalue weighted by Gasteiger charge is -2.38. The van der Waals surface area contributed by atoms with Crippen molar-refractivity contribution >= 4 is 5.91 Å². The van der Waals surface area contributed by atoms with Crippen LogP contribution in [0, 0.1) is 18.7 Å². The van der Waals surface area contributed by atoms with Crippen molar-refractivity contribution in [2.75, 3.05) is 13.1 Å². The molecule has 0 saturated carbocycles. The zero-order chi connectivity index (χ0) is 21.5. The highest BCUT2D eigenvalue weighted by Gasteiger charge is 2.43. The number of amides is 1. The molecule has 1 amide bonds. The highest BCUT2D eigenvalue weighted by atomic mass is 19.1. The van der Waals surface area contributed by atoms with Gasteiger partial charge in [0.15, 0.2) is 6.23 Å². The molecule has 1 saturated heterocycles. The van der Waals surface area contributed by atoms with Gasteiger partial charge in [0, 0.05) is 18.0 Å². The van der Waals surface area contributed by atoms with E-state index in [1.165, 1.54) is 6.07 Å². The molecule has 0 aliphatic carbocycles. The summed E-state index contributed by atoms with van der Waals surface area (Å²) >= 11 is 0. The first-order chi connectivity index (χ1) is 14.3. The second-order valence-corrected chi connectivity index (χ2v) is 8.20. The van der Waals surface area contributed by atoms with E-state index in [1.54, 1.807) is 18.5 Å². The second-order valence-electron chi connectivity index (χ2n) is 8.20. The molecule has 0 radical (unpaired) electrons. The van der Waals surface area contributed by atoms with Crippen LogP contribution < -0.4 is 5.32 Å². The molecular weight excluding hydrogens is 387 g/mol. The lowest BCUT2D eigenvalue weighted by molar-refractivity contribution is -0.0398. The second kappa shape index (κ2) is 8.02. The number of hydrogen-bond donors (Lipinski definition) is 3. The number of halogens is 1. The van der Waals surface area contributed by atoms with Crippen LogP contribution in [0.4, 0.5) is 4.39 Å². The molecule has 1 aromatic carbocycles. The average Bonchev–Trinajstić information content (AvgIpc) is 3.00. The number of aromatic nitrogens is 2. The maximum absolute atomic E-state index is 15.1. The minimum Gasteiger partial charge on any atom is -0.385 e. The number of carbonyl (C=O) groups excluding carboxylic acids is 1. The number of benzene rings is 1. The van der Waals surface area contributed by atoms with Gasteiger partial charge in [0.2, 0.25) is 0 Å². The van der Waals surface area contributed by atoms with Crippen LogP contribution in [0.1, 0.15) is 65.3 Å². The van der Waals surface area contributed by atoms with E-state index in [0.717, 1.165) is 36.4 Å². The Labute approximate surface area is 175 Å². The standard InChI is InChI=1S/C22H27FN4O3/c1-3-22(30,14-4-6-24-7-5-14)15-8-16-19(17(23)9-15)21(29)27(20(16)28)12-18-25-10-13(2)11-26-18/h8-11,14,21,24,29-30H,3-7,12H2,1-2H3. The van der Waals surface area contributed by atoms with Crippen molar-refractivity contribution in [1.29, 1.82) is 0 Å². The molecule has 8 heteroatoms. The van der Waals surface area contributed by atoms with E-state index in [4.69, 9.17) is 0 Å². The fraction of sp³-hybridized carbons (Fsp3) is 0.500. The zero-order valence-corrected chi connectivity index (χ0v) is 17.2. The van der Waals surface area contributed by atoms with E-state index in [-0.39, 0.29) is 23.6 Å². The summed E-state index contributed by atoms with van der Waals surface area (Å²) in [6.45, 7) is 5.27. The molecule has 0 spiro atoms. The molecule has 160 valence electrons. The first-order valence-electron chi connectivity index (χ1n) is 10.4. The Kier molecular flexibility index (Phi) is 5.57. The molecule has 2 unspecified atom stereocenters. The fourth-order valence-electron chi connectivity index (χ4n) is 4.57. The third-order valence-electron chi connectivity index (χ3n) is 6.37. The highest BCUT2D eigenvalue weighted by Crippen LogP contribution is 2.42. The number of aliphatic hydroxyl groups is 2. The number of hydrogen-bond acceptors (Lipinski definition) is 6. The molecular formula is C22H27FN4O3. The highest BCUT2D eigenvalue weighted by molar-refractivity contribution is 5.99. The summed E-state index contributed by atoms with van der Waals surface area (Å²) in [5.74, 6) is -0.844. The SMILES string of the molecule is CCC(O)(c1cc(F)c2c(c1)C(=O)N(Cc1ncc(C)cn1)C2O)C1CCNCC1. The molecule has 2 aliphatic rings. The van der Waals surface area contributed by atoms with E-state index < -0.39 is 23.6 Å². The van der Waals surface area contributed by atoms with Gasteiger partial charge in [0.1, 0.15) is 11.6 Å². The first kappa shape index (κ1) is 20.8. The van der Waals surface area contributed by atoms with E-state index in [1.807, 2.05) is 13.8 Å². The summed E-state index contributed by atoms with van der Waals surface area (Å²) in [7, 11) is 0. The van der Waals surface area contributed by atoms with Gasteiger partial charge < -0.3 is 20.4 Å². The Balaban J connectivity index is 1.68. The number of rotatable bonds is 5. The minimum atomic E-state index is -1.42. The van der Waals surface area contributed by atoms with Crippen LogP contribution in [0.5, 0.6) is 0 Å². The number of nitrogens with one attached hydrogen (secondary N) is 1. The van der Waals surface area contributed by atoms with Crippen molar-refractivity contribution in [1.82, 2.24) is 20.2 Å². The quantitative estimate of drug-likeness (QED) is 0.694. The predicted octanol–water partition coefficient (Wildman–Crippen LogP) is 2.17. The number of aliphatic hydroxyl groups excluding tert-OH is 1. The molecule has 1 aromatic heterocycles. The van der Waals surface area contributed by atoms with Gasteiger partial charge in [0.05, 0.1) is 17.7 Å². The van der Waals surface area contributed by atoms with Crippen molar-refractivity contribution in [3.63, 3.8) is 0 Å². The summed E-state index contributed by atoms with van der Waals surface area (Å²) in [4.78, 5) is 22.5. The molecule has 4 rings (SSSR count). The van der Waals surface area contributed by atoms with Gasteiger partial charge in [-0.15, -0.1) is 0 Å². The largest absolute Gasteiger partial charge is 0.385 e. The Morgan fingerprint density at radius 2 is 1.93 bits per heavy atom. The maximum Gasteiger partial charge on any atom is 0.257 e. The zero-order valence-electron chi connectivity index (χ0n) is 17.2. The molecule has 2 atom stereocenters. The number of piperidine rings is 1. The third-order valence-corrected chi connectivity index (χ3v) is 6.37. The van der Waals surface area contributed by atoms with Crippen LogP contribution in [-0.2, 0) is 12.1 Å². The summed E-state index contributed by atoms with van der Waals surface area (Å²) < 4.78 is 15.1. The van der Waals surface area contributed by atoms with Crippen LogP contribution in [0.3, 0.4) is 0 Å². The van der Waals surface area contributed by atoms with Crippen LogP contribution in [0.15, 0.2) is 24.5 Å². The Morgan fingerprint density at radius 1 is 1.27 bits per heavy atom. The fourth-order valence-corrected chi connectivity index (χ4v) is 4.57. The van der Waals surface area contributed by atoms with E-state index in [0.29, 0.717) is 17.8 Å². The smallest absolute Gasteiger partial charge is 0.257 e. The van der Waals surface area contributed by atoms with Crippen LogP contribution in [0.25, 0.3) is 0 Å².